The minimum atomic E-state index is -0.575. The summed E-state index contributed by atoms with van der Waals surface area (Å²) >= 11 is 5.81. The first-order valence-corrected chi connectivity index (χ1v) is 9.17. The van der Waals surface area contributed by atoms with E-state index in [1.807, 2.05) is 0 Å². The van der Waals surface area contributed by atoms with Crippen molar-refractivity contribution in [3.8, 4) is 11.5 Å². The highest BCUT2D eigenvalue weighted by molar-refractivity contribution is 6.33. The zero-order valence-electron chi connectivity index (χ0n) is 16.0. The summed E-state index contributed by atoms with van der Waals surface area (Å²) in [5.74, 6) is -0.660. The summed E-state index contributed by atoms with van der Waals surface area (Å²) in [6, 6.07) is 8.91. The third kappa shape index (κ3) is 4.30. The largest absolute Gasteiger partial charge is 0.493 e. The molecule has 0 saturated carbocycles. The molecule has 29 heavy (non-hydrogen) atoms. The first-order valence-electron chi connectivity index (χ1n) is 8.79. The molecule has 150 valence electrons. The van der Waals surface area contributed by atoms with E-state index in [9.17, 15) is 14.0 Å². The zero-order valence-corrected chi connectivity index (χ0v) is 16.8. The SMILES string of the molecule is CCC(=O)Oc1ccc(/C=C2\C(=O)N(c3ccc(F)c(Cl)c3)N=C2C)cc1OC. The van der Waals surface area contributed by atoms with E-state index in [0.29, 0.717) is 34.0 Å². The highest BCUT2D eigenvalue weighted by Gasteiger charge is 2.29. The van der Waals surface area contributed by atoms with Gasteiger partial charge in [-0.05, 0) is 48.9 Å². The molecule has 8 heteroatoms. The molecule has 0 bridgehead atoms. The van der Waals surface area contributed by atoms with Gasteiger partial charge in [-0.25, -0.2) is 4.39 Å². The molecule has 0 fully saturated rings. The van der Waals surface area contributed by atoms with Gasteiger partial charge in [-0.2, -0.15) is 10.1 Å². The smallest absolute Gasteiger partial charge is 0.311 e. The van der Waals surface area contributed by atoms with Crippen LogP contribution in [0.5, 0.6) is 11.5 Å². The molecule has 0 spiro atoms. The second kappa shape index (κ2) is 8.45. The molecular formula is C21H18ClFN2O4. The Hall–Kier alpha value is -3.19. The van der Waals surface area contributed by atoms with E-state index in [2.05, 4.69) is 5.10 Å². The van der Waals surface area contributed by atoms with Gasteiger partial charge in [-0.1, -0.05) is 24.6 Å². The van der Waals surface area contributed by atoms with Crippen molar-refractivity contribution in [2.45, 2.75) is 20.3 Å². The molecular weight excluding hydrogens is 399 g/mol. The number of benzene rings is 2. The molecule has 3 rings (SSSR count). The van der Waals surface area contributed by atoms with Crippen LogP contribution < -0.4 is 14.5 Å². The van der Waals surface area contributed by atoms with Gasteiger partial charge < -0.3 is 9.47 Å². The van der Waals surface area contributed by atoms with Crippen LogP contribution in [0, 0.1) is 5.82 Å². The van der Waals surface area contributed by atoms with Crippen molar-refractivity contribution in [3.05, 3.63) is 58.4 Å². The number of esters is 1. The van der Waals surface area contributed by atoms with E-state index in [4.69, 9.17) is 21.1 Å². The van der Waals surface area contributed by atoms with Gasteiger partial charge in [0.15, 0.2) is 11.5 Å². The Balaban J connectivity index is 1.90. The van der Waals surface area contributed by atoms with E-state index >= 15 is 0 Å². The summed E-state index contributed by atoms with van der Waals surface area (Å²) in [7, 11) is 1.46. The summed E-state index contributed by atoms with van der Waals surface area (Å²) in [5, 5.41) is 5.32. The molecule has 6 nitrogen and oxygen atoms in total. The van der Waals surface area contributed by atoms with E-state index in [1.165, 1.54) is 30.3 Å². The number of hydrogen-bond acceptors (Lipinski definition) is 5. The second-order valence-corrected chi connectivity index (χ2v) is 6.60. The first kappa shape index (κ1) is 20.5. The van der Waals surface area contributed by atoms with Gasteiger partial charge in [0.25, 0.3) is 5.91 Å². The minimum Gasteiger partial charge on any atom is -0.493 e. The maximum absolute atomic E-state index is 13.4. The fourth-order valence-electron chi connectivity index (χ4n) is 2.70. The number of rotatable bonds is 5. The van der Waals surface area contributed by atoms with Crippen LogP contribution in [-0.4, -0.2) is 24.7 Å². The third-order valence-electron chi connectivity index (χ3n) is 4.22. The highest BCUT2D eigenvalue weighted by atomic mass is 35.5. The van der Waals surface area contributed by atoms with Gasteiger partial charge in [-0.3, -0.25) is 9.59 Å². The number of carbonyl (C=O) groups excluding carboxylic acids is 2. The van der Waals surface area contributed by atoms with Gasteiger partial charge >= 0.3 is 5.97 Å². The molecule has 0 aliphatic carbocycles. The van der Waals surface area contributed by atoms with Crippen LogP contribution in [0.4, 0.5) is 10.1 Å². The van der Waals surface area contributed by atoms with Crippen molar-refractivity contribution in [1.29, 1.82) is 0 Å². The van der Waals surface area contributed by atoms with Crippen molar-refractivity contribution in [2.75, 3.05) is 12.1 Å². The average molecular weight is 417 g/mol. The molecule has 2 aromatic rings. The van der Waals surface area contributed by atoms with E-state index in [1.54, 1.807) is 38.1 Å². The monoisotopic (exact) mass is 416 g/mol. The van der Waals surface area contributed by atoms with E-state index in [-0.39, 0.29) is 23.3 Å². The van der Waals surface area contributed by atoms with Crippen molar-refractivity contribution < 1.29 is 23.5 Å². The van der Waals surface area contributed by atoms with Gasteiger partial charge in [0.2, 0.25) is 0 Å². The summed E-state index contributed by atoms with van der Waals surface area (Å²) in [4.78, 5) is 24.4. The Morgan fingerprint density at radius 3 is 2.66 bits per heavy atom. The van der Waals surface area contributed by atoms with Gasteiger partial charge in [0, 0.05) is 6.42 Å². The number of methoxy groups -OCH3 is 1. The number of halogens is 2. The van der Waals surface area contributed by atoms with Gasteiger partial charge in [0.05, 0.1) is 29.1 Å². The van der Waals surface area contributed by atoms with Crippen molar-refractivity contribution in [3.63, 3.8) is 0 Å². The predicted octanol–water partition coefficient (Wildman–Crippen LogP) is 4.61. The normalized spacial score (nSPS) is 14.9. The maximum atomic E-state index is 13.4. The average Bonchev–Trinajstić information content (AvgIpc) is 2.99. The van der Waals surface area contributed by atoms with Gasteiger partial charge in [0.1, 0.15) is 5.82 Å². The summed E-state index contributed by atoms with van der Waals surface area (Å²) < 4.78 is 23.9. The molecule has 1 amide bonds. The predicted molar refractivity (Wildman–Crippen MR) is 109 cm³/mol. The van der Waals surface area contributed by atoms with Crippen LogP contribution in [-0.2, 0) is 9.59 Å². The van der Waals surface area contributed by atoms with E-state index in [0.717, 1.165) is 0 Å². The highest BCUT2D eigenvalue weighted by Crippen LogP contribution is 2.31. The number of carbonyl (C=O) groups is 2. The quantitative estimate of drug-likeness (QED) is 0.405. The first-order chi connectivity index (χ1) is 13.8. The summed E-state index contributed by atoms with van der Waals surface area (Å²) in [6.07, 6.45) is 1.89. The molecule has 0 aromatic heterocycles. The second-order valence-electron chi connectivity index (χ2n) is 6.20. The minimum absolute atomic E-state index is 0.0949. The Kier molecular flexibility index (Phi) is 5.98. The lowest BCUT2D eigenvalue weighted by Crippen LogP contribution is -2.21. The maximum Gasteiger partial charge on any atom is 0.311 e. The molecule has 0 N–H and O–H groups in total. The molecule has 1 heterocycles. The van der Waals surface area contributed by atoms with Crippen LogP contribution >= 0.6 is 11.6 Å². The molecule has 0 radical (unpaired) electrons. The van der Waals surface area contributed by atoms with Crippen molar-refractivity contribution >= 4 is 41.0 Å². The zero-order chi connectivity index (χ0) is 21.1. The summed E-state index contributed by atoms with van der Waals surface area (Å²) in [5.41, 5.74) is 1.89. The molecule has 1 aliphatic heterocycles. The van der Waals surface area contributed by atoms with Crippen molar-refractivity contribution in [1.82, 2.24) is 0 Å². The number of amides is 1. The number of hydrazone groups is 1. The van der Waals surface area contributed by atoms with Crippen LogP contribution in [0.2, 0.25) is 5.02 Å². The van der Waals surface area contributed by atoms with Crippen LogP contribution in [0.3, 0.4) is 0 Å². The van der Waals surface area contributed by atoms with Crippen LogP contribution in [0.1, 0.15) is 25.8 Å². The van der Waals surface area contributed by atoms with Gasteiger partial charge in [-0.15, -0.1) is 0 Å². The fourth-order valence-corrected chi connectivity index (χ4v) is 2.87. The molecule has 0 saturated heterocycles. The molecule has 2 aromatic carbocycles. The lowest BCUT2D eigenvalue weighted by molar-refractivity contribution is -0.134. The molecule has 0 unspecified atom stereocenters. The number of nitrogens with zero attached hydrogens (tertiary/aromatic N) is 2. The lowest BCUT2D eigenvalue weighted by Gasteiger charge is -2.12. The van der Waals surface area contributed by atoms with Crippen LogP contribution in [0.25, 0.3) is 6.08 Å². The number of ether oxygens (including phenoxy) is 2. The Labute approximate surface area is 172 Å². The fraction of sp³-hybridized carbons (Fsp3) is 0.190. The summed E-state index contributed by atoms with van der Waals surface area (Å²) in [6.45, 7) is 3.39. The number of anilines is 1. The Morgan fingerprint density at radius 2 is 2.00 bits per heavy atom. The van der Waals surface area contributed by atoms with Crippen molar-refractivity contribution in [2.24, 2.45) is 5.10 Å². The Morgan fingerprint density at radius 1 is 1.24 bits per heavy atom. The Bertz CT molecular complexity index is 1050. The van der Waals surface area contributed by atoms with E-state index < -0.39 is 5.82 Å². The third-order valence-corrected chi connectivity index (χ3v) is 4.51. The molecule has 1 aliphatic rings. The standard InChI is InChI=1S/C21H18ClFN2O4/c1-4-20(26)29-18-8-5-13(10-19(18)28-3)9-15-12(2)24-25(21(15)27)14-6-7-17(23)16(22)11-14/h5-11H,4H2,1-3H3/b15-9-. The topological polar surface area (TPSA) is 68.2 Å². The molecule has 0 atom stereocenters. The van der Waals surface area contributed by atoms with Crippen LogP contribution in [0.15, 0.2) is 47.1 Å². The number of hydrogen-bond donors (Lipinski definition) is 0. The lowest BCUT2D eigenvalue weighted by atomic mass is 10.1.